The van der Waals surface area contributed by atoms with Gasteiger partial charge >= 0.3 is 0 Å². The molecule has 6 heteroatoms. The highest BCUT2D eigenvalue weighted by Gasteiger charge is 2.11. The van der Waals surface area contributed by atoms with E-state index in [2.05, 4.69) is 29.4 Å². The van der Waals surface area contributed by atoms with Gasteiger partial charge in [-0.15, -0.1) is 5.10 Å². The molecule has 0 bridgehead atoms. The number of ether oxygens (including phenoxy) is 1. The van der Waals surface area contributed by atoms with E-state index in [0.29, 0.717) is 22.8 Å². The molecule has 0 atom stereocenters. The van der Waals surface area contributed by atoms with E-state index in [-0.39, 0.29) is 0 Å². The van der Waals surface area contributed by atoms with Crippen LogP contribution in [0.4, 0.5) is 0 Å². The molecule has 108 valence electrons. The smallest absolute Gasteiger partial charge is 0.299 e. The Kier molecular flexibility index (Phi) is 4.96. The third-order valence-electron chi connectivity index (χ3n) is 2.72. The fraction of sp³-hybridized carbons (Fsp3) is 0.429. The largest absolute Gasteiger partial charge is 0.429 e. The van der Waals surface area contributed by atoms with E-state index in [9.17, 15) is 0 Å². The number of hydrogen-bond donors (Lipinski definition) is 1. The Morgan fingerprint density at radius 1 is 1.25 bits per heavy atom. The van der Waals surface area contributed by atoms with E-state index in [1.807, 2.05) is 26.0 Å². The minimum Gasteiger partial charge on any atom is -0.429 e. The van der Waals surface area contributed by atoms with Crippen molar-refractivity contribution in [2.24, 2.45) is 0 Å². The first-order valence-corrected chi connectivity index (χ1v) is 7.65. The number of aromatic nitrogens is 2. The zero-order valence-electron chi connectivity index (χ0n) is 12.0. The lowest BCUT2D eigenvalue weighted by Gasteiger charge is -2.09. The monoisotopic (exact) mass is 311 g/mol. The van der Waals surface area contributed by atoms with Gasteiger partial charge in [0.05, 0.1) is 6.54 Å². The normalized spacial score (nSPS) is 11.1. The van der Waals surface area contributed by atoms with Crippen LogP contribution in [0.5, 0.6) is 10.9 Å². The second-order valence-corrected chi connectivity index (χ2v) is 6.43. The molecular formula is C14H18ClN3OS. The minimum absolute atomic E-state index is 0.420. The molecule has 1 aromatic heterocycles. The summed E-state index contributed by atoms with van der Waals surface area (Å²) in [7, 11) is 0. The quantitative estimate of drug-likeness (QED) is 0.903. The molecule has 0 aliphatic carbocycles. The summed E-state index contributed by atoms with van der Waals surface area (Å²) in [5.74, 6) is 0.800. The van der Waals surface area contributed by atoms with Crippen LogP contribution in [0.15, 0.2) is 12.1 Å². The van der Waals surface area contributed by atoms with Crippen LogP contribution in [0.25, 0.3) is 0 Å². The maximum absolute atomic E-state index is 6.01. The fourth-order valence-corrected chi connectivity index (χ4v) is 2.76. The predicted octanol–water partition coefficient (Wildman–Crippen LogP) is 4.10. The van der Waals surface area contributed by atoms with Crippen LogP contribution >= 0.6 is 22.9 Å². The van der Waals surface area contributed by atoms with E-state index in [1.165, 1.54) is 11.3 Å². The molecule has 1 aromatic carbocycles. The molecule has 4 nitrogen and oxygen atoms in total. The first-order valence-electron chi connectivity index (χ1n) is 6.46. The molecule has 20 heavy (non-hydrogen) atoms. The van der Waals surface area contributed by atoms with Gasteiger partial charge in [-0.05, 0) is 37.1 Å². The van der Waals surface area contributed by atoms with Crippen molar-refractivity contribution in [3.8, 4) is 10.9 Å². The number of hydrogen-bond acceptors (Lipinski definition) is 5. The van der Waals surface area contributed by atoms with Crippen LogP contribution in [-0.4, -0.2) is 16.2 Å². The van der Waals surface area contributed by atoms with E-state index < -0.39 is 0 Å². The predicted molar refractivity (Wildman–Crippen MR) is 82.9 cm³/mol. The number of benzene rings is 1. The third-order valence-corrected chi connectivity index (χ3v) is 3.74. The lowest BCUT2D eigenvalue weighted by molar-refractivity contribution is 0.465. The van der Waals surface area contributed by atoms with Gasteiger partial charge in [0.1, 0.15) is 10.8 Å². The number of nitrogens with zero attached hydrogens (tertiary/aromatic N) is 2. The van der Waals surface area contributed by atoms with Crippen LogP contribution in [0.1, 0.15) is 30.0 Å². The van der Waals surface area contributed by atoms with Crippen molar-refractivity contribution in [3.05, 3.63) is 33.3 Å². The van der Waals surface area contributed by atoms with Crippen molar-refractivity contribution >= 4 is 22.9 Å². The summed E-state index contributed by atoms with van der Waals surface area (Å²) in [5, 5.41) is 13.7. The summed E-state index contributed by atoms with van der Waals surface area (Å²) in [4.78, 5) is 0. The summed E-state index contributed by atoms with van der Waals surface area (Å²) in [6.45, 7) is 8.84. The summed E-state index contributed by atoms with van der Waals surface area (Å²) < 4.78 is 5.84. The Hall–Kier alpha value is -1.17. The molecule has 0 saturated carbocycles. The maximum atomic E-state index is 6.01. The van der Waals surface area contributed by atoms with Crippen molar-refractivity contribution < 1.29 is 4.74 Å². The van der Waals surface area contributed by atoms with Gasteiger partial charge in [-0.2, -0.15) is 0 Å². The molecular weight excluding hydrogens is 294 g/mol. The molecule has 0 aliphatic rings. The second kappa shape index (κ2) is 6.52. The summed E-state index contributed by atoms with van der Waals surface area (Å²) in [6.07, 6.45) is 0. The number of nitrogens with one attached hydrogen (secondary N) is 1. The second-order valence-electron chi connectivity index (χ2n) is 4.97. The van der Waals surface area contributed by atoms with E-state index in [1.54, 1.807) is 0 Å². The van der Waals surface area contributed by atoms with Gasteiger partial charge in [-0.3, -0.25) is 0 Å². The van der Waals surface area contributed by atoms with Gasteiger partial charge in [0.2, 0.25) is 0 Å². The minimum atomic E-state index is 0.420. The Balaban J connectivity index is 2.11. The van der Waals surface area contributed by atoms with Gasteiger partial charge in [0.15, 0.2) is 0 Å². The zero-order valence-corrected chi connectivity index (χ0v) is 13.6. The molecule has 0 spiro atoms. The Bertz CT molecular complexity index is 575. The molecule has 0 saturated heterocycles. The molecule has 2 rings (SSSR count). The first kappa shape index (κ1) is 15.2. The average Bonchev–Trinajstić information content (AvgIpc) is 2.79. The molecule has 0 unspecified atom stereocenters. The summed E-state index contributed by atoms with van der Waals surface area (Å²) in [6, 6.07) is 4.18. The lowest BCUT2D eigenvalue weighted by Crippen LogP contribution is -2.21. The van der Waals surface area contributed by atoms with Gasteiger partial charge < -0.3 is 10.1 Å². The third kappa shape index (κ3) is 3.91. The molecule has 0 amide bonds. The Morgan fingerprint density at radius 3 is 2.50 bits per heavy atom. The van der Waals surface area contributed by atoms with Gasteiger partial charge in [0.25, 0.3) is 5.19 Å². The van der Waals surface area contributed by atoms with Crippen molar-refractivity contribution in [3.63, 3.8) is 0 Å². The molecule has 0 radical (unpaired) electrons. The van der Waals surface area contributed by atoms with E-state index >= 15 is 0 Å². The van der Waals surface area contributed by atoms with Crippen LogP contribution in [0.3, 0.4) is 0 Å². The number of rotatable bonds is 5. The van der Waals surface area contributed by atoms with Gasteiger partial charge in [-0.25, -0.2) is 0 Å². The van der Waals surface area contributed by atoms with Crippen molar-refractivity contribution in [1.29, 1.82) is 0 Å². The number of halogens is 1. The average molecular weight is 312 g/mol. The summed E-state index contributed by atoms with van der Waals surface area (Å²) >= 11 is 7.46. The van der Waals surface area contributed by atoms with Crippen LogP contribution in [0, 0.1) is 13.8 Å². The van der Waals surface area contributed by atoms with Crippen LogP contribution in [-0.2, 0) is 6.54 Å². The molecule has 1 heterocycles. The van der Waals surface area contributed by atoms with Gasteiger partial charge in [-0.1, -0.05) is 41.9 Å². The summed E-state index contributed by atoms with van der Waals surface area (Å²) in [5.41, 5.74) is 1.99. The standard InChI is InChI=1S/C14H18ClN3OS/c1-8(2)16-7-12-17-18-14(20-12)19-13-9(3)5-11(15)6-10(13)4/h5-6,8,16H,7H2,1-4H3. The van der Waals surface area contributed by atoms with Crippen molar-refractivity contribution in [2.75, 3.05) is 0 Å². The Morgan fingerprint density at radius 2 is 1.90 bits per heavy atom. The fourth-order valence-electron chi connectivity index (χ4n) is 1.79. The SMILES string of the molecule is Cc1cc(Cl)cc(C)c1Oc1nnc(CNC(C)C)s1. The first-order chi connectivity index (χ1) is 9.45. The van der Waals surface area contributed by atoms with Crippen molar-refractivity contribution in [1.82, 2.24) is 15.5 Å². The highest BCUT2D eigenvalue weighted by molar-refractivity contribution is 7.13. The highest BCUT2D eigenvalue weighted by atomic mass is 35.5. The lowest BCUT2D eigenvalue weighted by atomic mass is 10.1. The topological polar surface area (TPSA) is 47.0 Å². The highest BCUT2D eigenvalue weighted by Crippen LogP contribution is 2.32. The van der Waals surface area contributed by atoms with E-state index in [0.717, 1.165) is 21.9 Å². The molecule has 1 N–H and O–H groups in total. The molecule has 0 aliphatic heterocycles. The molecule has 2 aromatic rings. The van der Waals surface area contributed by atoms with Crippen LogP contribution < -0.4 is 10.1 Å². The van der Waals surface area contributed by atoms with E-state index in [4.69, 9.17) is 16.3 Å². The Labute approximate surface area is 128 Å². The number of aryl methyl sites for hydroxylation is 2. The van der Waals surface area contributed by atoms with Crippen LogP contribution in [0.2, 0.25) is 5.02 Å². The molecule has 0 fully saturated rings. The van der Waals surface area contributed by atoms with Crippen molar-refractivity contribution in [2.45, 2.75) is 40.3 Å². The van der Waals surface area contributed by atoms with Gasteiger partial charge in [0, 0.05) is 11.1 Å². The maximum Gasteiger partial charge on any atom is 0.299 e. The zero-order chi connectivity index (χ0) is 14.7.